The molecule has 0 radical (unpaired) electrons. The third-order valence-corrected chi connectivity index (χ3v) is 9.37. The number of carbonyl (C=O) groups excluding carboxylic acids is 1. The molecule has 0 bridgehead atoms. The molecule has 6 atom stereocenters. The predicted octanol–water partition coefficient (Wildman–Crippen LogP) is 3.83. The van der Waals surface area contributed by atoms with Gasteiger partial charge in [0.1, 0.15) is 43.0 Å². The maximum Gasteiger partial charge on any atom is 0.459 e. The van der Waals surface area contributed by atoms with E-state index in [4.69, 9.17) is 35.9 Å². The van der Waals surface area contributed by atoms with Gasteiger partial charge in [-0.15, -0.1) is 0 Å². The first-order valence-electron chi connectivity index (χ1n) is 14.9. The topological polar surface area (TPSA) is 193 Å². The number of fused-ring (bicyclic) bond motifs is 1. The summed E-state index contributed by atoms with van der Waals surface area (Å²) in [5.74, 6) is -0.450. The Bertz CT molecular complexity index is 1890. The summed E-state index contributed by atoms with van der Waals surface area (Å²) < 4.78 is 39.0. The van der Waals surface area contributed by atoms with Crippen LogP contribution in [0.4, 0.5) is 5.82 Å². The molecule has 6 rings (SSSR count). The van der Waals surface area contributed by atoms with Crippen molar-refractivity contribution >= 4 is 42.3 Å². The van der Waals surface area contributed by atoms with E-state index in [1.54, 1.807) is 30.3 Å². The molecule has 48 heavy (non-hydrogen) atoms. The van der Waals surface area contributed by atoms with Crippen molar-refractivity contribution in [1.82, 2.24) is 24.6 Å². The minimum absolute atomic E-state index is 0.0131. The van der Waals surface area contributed by atoms with Gasteiger partial charge in [-0.2, -0.15) is 5.09 Å². The van der Waals surface area contributed by atoms with Gasteiger partial charge in [0.05, 0.1) is 6.61 Å². The third kappa shape index (κ3) is 7.66. The van der Waals surface area contributed by atoms with Crippen LogP contribution >= 0.6 is 19.3 Å². The van der Waals surface area contributed by atoms with Crippen LogP contribution in [-0.4, -0.2) is 66.7 Å². The lowest BCUT2D eigenvalue weighted by Crippen LogP contribution is -2.40. The second-order valence-corrected chi connectivity index (χ2v) is 12.9. The van der Waals surface area contributed by atoms with Crippen molar-refractivity contribution in [2.45, 2.75) is 43.6 Å². The van der Waals surface area contributed by atoms with Crippen LogP contribution in [0.15, 0.2) is 97.3 Å². The minimum atomic E-state index is -4.42. The molecular weight excluding hydrogens is 663 g/mol. The molecule has 3 heterocycles. The number of benzene rings is 3. The molecule has 0 aliphatic carbocycles. The summed E-state index contributed by atoms with van der Waals surface area (Å²) in [6.07, 6.45) is -4.26. The van der Waals surface area contributed by atoms with E-state index in [0.717, 1.165) is 11.1 Å². The van der Waals surface area contributed by atoms with E-state index in [9.17, 15) is 19.6 Å². The largest absolute Gasteiger partial charge is 0.460 e. The van der Waals surface area contributed by atoms with Gasteiger partial charge >= 0.3 is 13.7 Å². The van der Waals surface area contributed by atoms with Crippen molar-refractivity contribution < 1.29 is 38.1 Å². The van der Waals surface area contributed by atoms with Crippen molar-refractivity contribution in [3.63, 3.8) is 0 Å². The first-order valence-corrected chi connectivity index (χ1v) is 16.8. The monoisotopic (exact) mass is 694 g/mol. The number of halogens is 1. The fraction of sp³-hybridized carbons (Fsp3) is 0.250. The van der Waals surface area contributed by atoms with Crippen molar-refractivity contribution in [2.24, 2.45) is 0 Å². The Morgan fingerprint density at radius 1 is 0.979 bits per heavy atom. The van der Waals surface area contributed by atoms with Gasteiger partial charge in [0.15, 0.2) is 23.2 Å². The van der Waals surface area contributed by atoms with E-state index >= 15 is 0 Å². The first kappa shape index (κ1) is 33.5. The maximum absolute atomic E-state index is 14.5. The third-order valence-electron chi connectivity index (χ3n) is 7.54. The molecule has 0 amide bonds. The molecule has 14 nitrogen and oxygen atoms in total. The van der Waals surface area contributed by atoms with Crippen LogP contribution in [0.5, 0.6) is 5.75 Å². The normalized spacial score (nSPS) is 21.1. The van der Waals surface area contributed by atoms with Crippen LogP contribution in [0.25, 0.3) is 11.2 Å². The molecule has 1 aliphatic rings. The molecule has 1 saturated heterocycles. The van der Waals surface area contributed by atoms with Crippen LogP contribution in [0.3, 0.4) is 0 Å². The fourth-order valence-electron chi connectivity index (χ4n) is 5.14. The SMILES string of the molecule is Nc1ncnc2c1nc(Cl)n2[C@@H]1O[C@H](COP(=O)(N[C@@H](Cc2ccccc2)C(=O)OCc2ccccc2)Oc2ccccc2)C(O)[C@@H]1O. The Balaban J connectivity index is 1.23. The van der Waals surface area contributed by atoms with Crippen LogP contribution in [0.1, 0.15) is 17.4 Å². The Kier molecular flexibility index (Phi) is 10.3. The summed E-state index contributed by atoms with van der Waals surface area (Å²) >= 11 is 6.34. The number of nitrogens with one attached hydrogen (secondary N) is 1. The van der Waals surface area contributed by atoms with E-state index in [2.05, 4.69) is 20.0 Å². The maximum atomic E-state index is 14.5. The van der Waals surface area contributed by atoms with E-state index in [-0.39, 0.29) is 41.0 Å². The van der Waals surface area contributed by atoms with Crippen molar-refractivity contribution in [3.05, 3.63) is 114 Å². The molecule has 3 aromatic carbocycles. The molecule has 2 aromatic heterocycles. The van der Waals surface area contributed by atoms with E-state index in [0.29, 0.717) is 0 Å². The number of nitrogens with two attached hydrogens (primary N) is 1. The second-order valence-electron chi connectivity index (χ2n) is 10.9. The molecule has 1 aliphatic heterocycles. The number of aliphatic hydroxyl groups excluding tert-OH is 2. The molecule has 16 heteroatoms. The van der Waals surface area contributed by atoms with Crippen molar-refractivity contribution in [2.75, 3.05) is 12.3 Å². The number of anilines is 1. The number of hydrogen-bond acceptors (Lipinski definition) is 12. The molecule has 1 fully saturated rings. The number of carbonyl (C=O) groups is 1. The number of para-hydroxylation sites is 1. The first-order chi connectivity index (χ1) is 23.2. The van der Waals surface area contributed by atoms with Gasteiger partial charge in [-0.3, -0.25) is 13.9 Å². The fourth-order valence-corrected chi connectivity index (χ4v) is 6.90. The highest BCUT2D eigenvalue weighted by Crippen LogP contribution is 2.46. The highest BCUT2D eigenvalue weighted by atomic mass is 35.5. The summed E-state index contributed by atoms with van der Waals surface area (Å²) in [4.78, 5) is 25.7. The number of nitrogen functional groups attached to an aromatic ring is 1. The summed E-state index contributed by atoms with van der Waals surface area (Å²) in [6.45, 7) is -0.550. The van der Waals surface area contributed by atoms with E-state index < -0.39 is 50.9 Å². The second kappa shape index (κ2) is 14.8. The molecule has 0 saturated carbocycles. The number of rotatable bonds is 13. The van der Waals surface area contributed by atoms with Gasteiger partial charge in [-0.05, 0) is 41.3 Å². The number of esters is 1. The number of aliphatic hydroxyl groups is 2. The lowest BCUT2D eigenvalue weighted by atomic mass is 10.1. The highest BCUT2D eigenvalue weighted by Gasteiger charge is 2.47. The van der Waals surface area contributed by atoms with E-state index in [1.165, 1.54) is 10.9 Å². The average Bonchev–Trinajstić information content (AvgIpc) is 3.58. The number of aromatic nitrogens is 4. The molecular formula is C32H32ClN6O8P. The lowest BCUT2D eigenvalue weighted by molar-refractivity contribution is -0.147. The molecule has 5 N–H and O–H groups in total. The van der Waals surface area contributed by atoms with Crippen molar-refractivity contribution in [3.8, 4) is 5.75 Å². The van der Waals surface area contributed by atoms with Crippen LogP contribution in [-0.2, 0) is 36.4 Å². The molecule has 2 unspecified atom stereocenters. The summed E-state index contributed by atoms with van der Waals surface area (Å²) in [7, 11) is -4.42. The lowest BCUT2D eigenvalue weighted by Gasteiger charge is -2.26. The number of imidazole rings is 1. The Hall–Kier alpha value is -4.40. The van der Waals surface area contributed by atoms with Crippen LogP contribution in [0, 0.1) is 0 Å². The van der Waals surface area contributed by atoms with Gasteiger partial charge in [-0.1, -0.05) is 78.9 Å². The standard InChI is InChI=1S/C32H32ClN6O8P/c33-32-37-25-28(34)35-19-36-29(25)39(32)30-27(41)26(40)24(46-30)18-45-48(43,47-22-14-8-3-9-15-22)38-23(16-20-10-4-1-5-11-20)31(42)44-17-21-12-6-2-7-13-21/h1-15,19,23-24,26-27,30,40-41H,16-18H2,(H,38,43)(H2,34,35,36)/t23-,24+,26?,27-,30+,48?/m0/s1. The summed E-state index contributed by atoms with van der Waals surface area (Å²) in [6, 6.07) is 25.3. The average molecular weight is 695 g/mol. The van der Waals surface area contributed by atoms with Gasteiger partial charge in [0.25, 0.3) is 0 Å². The molecule has 0 spiro atoms. The van der Waals surface area contributed by atoms with Crippen LogP contribution in [0.2, 0.25) is 5.28 Å². The zero-order valence-corrected chi connectivity index (χ0v) is 26.9. The quantitative estimate of drug-likeness (QED) is 0.0790. The number of hydrogen-bond donors (Lipinski definition) is 4. The number of nitrogens with zero attached hydrogens (tertiary/aromatic N) is 4. The highest BCUT2D eigenvalue weighted by molar-refractivity contribution is 7.52. The summed E-state index contributed by atoms with van der Waals surface area (Å²) in [5, 5.41) is 24.6. The van der Waals surface area contributed by atoms with E-state index in [1.807, 2.05) is 60.7 Å². The smallest absolute Gasteiger partial charge is 0.459 e. The number of ether oxygens (including phenoxy) is 2. The van der Waals surface area contributed by atoms with Crippen LogP contribution < -0.4 is 15.3 Å². The van der Waals surface area contributed by atoms with Crippen molar-refractivity contribution in [1.29, 1.82) is 0 Å². The Labute approximate surface area is 280 Å². The molecule has 5 aromatic rings. The van der Waals surface area contributed by atoms with Gasteiger partial charge in [0.2, 0.25) is 5.28 Å². The minimum Gasteiger partial charge on any atom is -0.460 e. The van der Waals surface area contributed by atoms with Gasteiger partial charge in [0, 0.05) is 0 Å². The Morgan fingerprint density at radius 2 is 1.62 bits per heavy atom. The Morgan fingerprint density at radius 3 is 2.31 bits per heavy atom. The zero-order valence-electron chi connectivity index (χ0n) is 25.3. The van der Waals surface area contributed by atoms with Gasteiger partial charge in [-0.25, -0.2) is 19.5 Å². The predicted molar refractivity (Wildman–Crippen MR) is 175 cm³/mol. The summed E-state index contributed by atoms with van der Waals surface area (Å²) in [5.41, 5.74) is 7.78. The zero-order chi connectivity index (χ0) is 33.7. The molecule has 250 valence electrons. The van der Waals surface area contributed by atoms with Gasteiger partial charge < -0.3 is 29.9 Å².